The Balaban J connectivity index is 1.74. The molecule has 3 rings (SSSR count). The van der Waals surface area contributed by atoms with Gasteiger partial charge in [-0.25, -0.2) is 14.4 Å². The van der Waals surface area contributed by atoms with Crippen molar-refractivity contribution in [2.24, 2.45) is 0 Å². The zero-order valence-electron chi connectivity index (χ0n) is 10.9. The lowest BCUT2D eigenvalue weighted by Gasteiger charge is -2.05. The van der Waals surface area contributed by atoms with Crippen LogP contribution in [-0.4, -0.2) is 16.0 Å². The van der Waals surface area contributed by atoms with E-state index in [1.54, 1.807) is 19.1 Å². The number of nitrogens with one attached hydrogen (secondary N) is 1. The molecule has 98 valence electrons. The molecular formula is C15H16FN3. The van der Waals surface area contributed by atoms with E-state index in [-0.39, 0.29) is 5.82 Å². The Morgan fingerprint density at radius 1 is 1.26 bits per heavy atom. The van der Waals surface area contributed by atoms with E-state index >= 15 is 0 Å². The van der Waals surface area contributed by atoms with Crippen molar-refractivity contribution >= 4 is 0 Å². The second kappa shape index (κ2) is 5.05. The maximum absolute atomic E-state index is 13.2. The Bertz CT molecular complexity index is 576. The van der Waals surface area contributed by atoms with Gasteiger partial charge in [-0.15, -0.1) is 0 Å². The minimum atomic E-state index is -0.200. The summed E-state index contributed by atoms with van der Waals surface area (Å²) in [5, 5.41) is 3.42. The fraction of sp³-hybridized carbons (Fsp3) is 0.333. The highest BCUT2D eigenvalue weighted by molar-refractivity contribution is 5.55. The molecule has 3 nitrogen and oxygen atoms in total. The molecule has 0 aliphatic heterocycles. The number of benzene rings is 1. The molecule has 1 aromatic carbocycles. The van der Waals surface area contributed by atoms with Gasteiger partial charge in [0.05, 0.1) is 0 Å². The molecule has 0 unspecified atom stereocenters. The average molecular weight is 257 g/mol. The van der Waals surface area contributed by atoms with Crippen LogP contribution >= 0.6 is 0 Å². The predicted molar refractivity (Wildman–Crippen MR) is 72.0 cm³/mol. The van der Waals surface area contributed by atoms with Crippen molar-refractivity contribution in [2.45, 2.75) is 32.4 Å². The van der Waals surface area contributed by atoms with E-state index < -0.39 is 0 Å². The van der Waals surface area contributed by atoms with Crippen LogP contribution in [0.25, 0.3) is 11.4 Å². The molecule has 1 aromatic heterocycles. The number of nitrogens with zero attached hydrogens (tertiary/aromatic N) is 2. The van der Waals surface area contributed by atoms with Crippen molar-refractivity contribution in [2.75, 3.05) is 0 Å². The van der Waals surface area contributed by atoms with Gasteiger partial charge in [0.25, 0.3) is 0 Å². The summed E-state index contributed by atoms with van der Waals surface area (Å²) in [4.78, 5) is 8.69. The molecular weight excluding hydrogens is 241 g/mol. The molecule has 19 heavy (non-hydrogen) atoms. The van der Waals surface area contributed by atoms with Gasteiger partial charge >= 0.3 is 0 Å². The zero-order chi connectivity index (χ0) is 13.2. The first kappa shape index (κ1) is 12.2. The maximum atomic E-state index is 13.2. The Hall–Kier alpha value is -1.81. The van der Waals surface area contributed by atoms with Gasteiger partial charge in [0.1, 0.15) is 5.82 Å². The Morgan fingerprint density at radius 3 is 2.63 bits per heavy atom. The largest absolute Gasteiger partial charge is 0.310 e. The molecule has 0 amide bonds. The van der Waals surface area contributed by atoms with Gasteiger partial charge in [-0.05, 0) is 43.5 Å². The van der Waals surface area contributed by atoms with E-state index in [4.69, 9.17) is 0 Å². The molecule has 1 N–H and O–H groups in total. The topological polar surface area (TPSA) is 37.8 Å². The van der Waals surface area contributed by atoms with Gasteiger partial charge < -0.3 is 5.32 Å². The molecule has 1 fully saturated rings. The molecule has 0 spiro atoms. The maximum Gasteiger partial charge on any atom is 0.159 e. The van der Waals surface area contributed by atoms with E-state index in [2.05, 4.69) is 15.3 Å². The summed E-state index contributed by atoms with van der Waals surface area (Å²) in [5.41, 5.74) is 2.54. The van der Waals surface area contributed by atoms with Gasteiger partial charge in [-0.3, -0.25) is 0 Å². The van der Waals surface area contributed by atoms with Crippen molar-refractivity contribution in [3.63, 3.8) is 0 Å². The van der Waals surface area contributed by atoms with E-state index in [1.165, 1.54) is 18.9 Å². The van der Waals surface area contributed by atoms with E-state index in [0.29, 0.717) is 17.4 Å². The van der Waals surface area contributed by atoms with Crippen LogP contribution in [0.1, 0.15) is 24.0 Å². The molecule has 1 saturated carbocycles. The molecule has 1 aliphatic rings. The van der Waals surface area contributed by atoms with Crippen LogP contribution in [0.2, 0.25) is 0 Å². The summed E-state index contributed by atoms with van der Waals surface area (Å²) >= 11 is 0. The molecule has 0 bridgehead atoms. The number of halogens is 1. The second-order valence-corrected chi connectivity index (χ2v) is 5.03. The number of aryl methyl sites for hydroxylation is 1. The zero-order valence-corrected chi connectivity index (χ0v) is 10.9. The van der Waals surface area contributed by atoms with E-state index in [1.807, 2.05) is 12.4 Å². The number of rotatable bonds is 4. The molecule has 0 atom stereocenters. The third kappa shape index (κ3) is 2.96. The van der Waals surface area contributed by atoms with Crippen LogP contribution in [0.3, 0.4) is 0 Å². The highest BCUT2D eigenvalue weighted by Crippen LogP contribution is 2.20. The molecule has 4 heteroatoms. The van der Waals surface area contributed by atoms with Crippen LogP contribution in [-0.2, 0) is 6.54 Å². The average Bonchev–Trinajstić information content (AvgIpc) is 3.24. The summed E-state index contributed by atoms with van der Waals surface area (Å²) in [6.07, 6.45) is 6.20. The minimum absolute atomic E-state index is 0.200. The third-order valence-electron chi connectivity index (χ3n) is 3.29. The summed E-state index contributed by atoms with van der Waals surface area (Å²) in [6.45, 7) is 2.56. The Morgan fingerprint density at radius 2 is 2.00 bits per heavy atom. The van der Waals surface area contributed by atoms with Crippen LogP contribution in [0.4, 0.5) is 4.39 Å². The fourth-order valence-corrected chi connectivity index (χ4v) is 1.93. The van der Waals surface area contributed by atoms with Gasteiger partial charge in [-0.1, -0.05) is 0 Å². The van der Waals surface area contributed by atoms with Crippen molar-refractivity contribution in [1.29, 1.82) is 0 Å². The lowest BCUT2D eigenvalue weighted by atomic mass is 10.1. The lowest BCUT2D eigenvalue weighted by Crippen LogP contribution is -2.15. The number of hydrogen-bond donors (Lipinski definition) is 1. The van der Waals surface area contributed by atoms with Crippen LogP contribution < -0.4 is 5.32 Å². The number of hydrogen-bond acceptors (Lipinski definition) is 3. The van der Waals surface area contributed by atoms with Crippen LogP contribution in [0, 0.1) is 12.7 Å². The lowest BCUT2D eigenvalue weighted by molar-refractivity contribution is 0.618. The number of aromatic nitrogens is 2. The smallest absolute Gasteiger partial charge is 0.159 e. The minimum Gasteiger partial charge on any atom is -0.310 e. The van der Waals surface area contributed by atoms with Gasteiger partial charge in [0.2, 0.25) is 0 Å². The van der Waals surface area contributed by atoms with E-state index in [9.17, 15) is 4.39 Å². The molecule has 0 radical (unpaired) electrons. The Kier molecular flexibility index (Phi) is 3.25. The quantitative estimate of drug-likeness (QED) is 0.915. The second-order valence-electron chi connectivity index (χ2n) is 5.03. The summed E-state index contributed by atoms with van der Waals surface area (Å²) in [5.74, 6) is 0.437. The molecule has 0 saturated heterocycles. The predicted octanol–water partition coefficient (Wildman–Crippen LogP) is 2.84. The van der Waals surface area contributed by atoms with Crippen molar-refractivity contribution in [1.82, 2.24) is 15.3 Å². The first-order valence-corrected chi connectivity index (χ1v) is 6.53. The fourth-order valence-electron chi connectivity index (χ4n) is 1.93. The van der Waals surface area contributed by atoms with Crippen molar-refractivity contribution < 1.29 is 4.39 Å². The SMILES string of the molecule is Cc1cc(-c2ncc(CNC3CC3)cn2)ccc1F. The summed E-state index contributed by atoms with van der Waals surface area (Å²) in [7, 11) is 0. The summed E-state index contributed by atoms with van der Waals surface area (Å²) in [6, 6.07) is 5.61. The third-order valence-corrected chi connectivity index (χ3v) is 3.29. The normalized spacial score (nSPS) is 14.6. The van der Waals surface area contributed by atoms with Crippen LogP contribution in [0.5, 0.6) is 0 Å². The van der Waals surface area contributed by atoms with Crippen molar-refractivity contribution in [3.05, 3.63) is 47.5 Å². The molecule has 2 aromatic rings. The van der Waals surface area contributed by atoms with Gasteiger partial charge in [0.15, 0.2) is 5.82 Å². The standard InChI is InChI=1S/C15H16FN3/c1-10-6-12(2-5-14(10)16)15-18-8-11(9-19-15)7-17-13-3-4-13/h2,5-6,8-9,13,17H,3-4,7H2,1H3. The van der Waals surface area contributed by atoms with Gasteiger partial charge in [0, 0.05) is 36.1 Å². The van der Waals surface area contributed by atoms with Crippen LogP contribution in [0.15, 0.2) is 30.6 Å². The van der Waals surface area contributed by atoms with Crippen molar-refractivity contribution in [3.8, 4) is 11.4 Å². The molecule has 1 heterocycles. The Labute approximate surface area is 111 Å². The van der Waals surface area contributed by atoms with E-state index in [0.717, 1.165) is 17.7 Å². The summed E-state index contributed by atoms with van der Waals surface area (Å²) < 4.78 is 13.2. The molecule has 1 aliphatic carbocycles. The highest BCUT2D eigenvalue weighted by atomic mass is 19.1. The highest BCUT2D eigenvalue weighted by Gasteiger charge is 2.19. The monoisotopic (exact) mass is 257 g/mol. The first-order chi connectivity index (χ1) is 9.22. The first-order valence-electron chi connectivity index (χ1n) is 6.53. The van der Waals surface area contributed by atoms with Gasteiger partial charge in [-0.2, -0.15) is 0 Å².